The first kappa shape index (κ1) is 18.5. The Hall–Kier alpha value is -1.55. The van der Waals surface area contributed by atoms with E-state index in [-0.39, 0.29) is 5.97 Å². The van der Waals surface area contributed by atoms with Crippen LogP contribution >= 0.6 is 0 Å². The maximum Gasteiger partial charge on any atom is 0.339 e. The number of ether oxygens (including phenoxy) is 1. The van der Waals surface area contributed by atoms with Crippen molar-refractivity contribution in [2.24, 2.45) is 5.92 Å². The molecule has 1 aromatic rings. The molecule has 2 N–H and O–H groups in total. The van der Waals surface area contributed by atoms with Gasteiger partial charge in [0.25, 0.3) is 0 Å². The van der Waals surface area contributed by atoms with E-state index in [2.05, 4.69) is 12.2 Å². The summed E-state index contributed by atoms with van der Waals surface area (Å²) in [5, 5.41) is 13.0. The first-order valence-electron chi connectivity index (χ1n) is 7.97. The number of para-hydroxylation sites is 1. The Kier molecular flexibility index (Phi) is 7.39. The highest BCUT2D eigenvalue weighted by atomic mass is 16.5. The van der Waals surface area contributed by atoms with Crippen molar-refractivity contribution in [3.63, 3.8) is 0 Å². The van der Waals surface area contributed by atoms with E-state index in [0.717, 1.165) is 37.9 Å². The molecular formula is C18H29NO3. The smallest absolute Gasteiger partial charge is 0.339 e. The number of methoxy groups -OCH3 is 1. The van der Waals surface area contributed by atoms with Gasteiger partial charge in [0, 0.05) is 12.2 Å². The van der Waals surface area contributed by atoms with Crippen LogP contribution in [0.15, 0.2) is 24.3 Å². The van der Waals surface area contributed by atoms with E-state index >= 15 is 0 Å². The zero-order valence-electron chi connectivity index (χ0n) is 14.2. The minimum Gasteiger partial charge on any atom is -0.465 e. The Morgan fingerprint density at radius 1 is 1.32 bits per heavy atom. The van der Waals surface area contributed by atoms with Crippen LogP contribution in [0, 0.1) is 5.92 Å². The number of carbonyl (C=O) groups is 1. The molecule has 1 rings (SSSR count). The van der Waals surface area contributed by atoms with Gasteiger partial charge in [-0.2, -0.15) is 0 Å². The summed E-state index contributed by atoms with van der Waals surface area (Å²) in [5.74, 6) is 0.265. The van der Waals surface area contributed by atoms with E-state index in [1.807, 2.05) is 32.0 Å². The summed E-state index contributed by atoms with van der Waals surface area (Å²) in [7, 11) is 1.39. The van der Waals surface area contributed by atoms with Gasteiger partial charge in [0.05, 0.1) is 18.3 Å². The molecule has 0 spiro atoms. The molecule has 0 radical (unpaired) electrons. The zero-order chi connectivity index (χ0) is 16.6. The third-order valence-corrected chi connectivity index (χ3v) is 3.77. The fraction of sp³-hybridized carbons (Fsp3) is 0.611. The van der Waals surface area contributed by atoms with Crippen LogP contribution in [-0.2, 0) is 4.74 Å². The third-order valence-electron chi connectivity index (χ3n) is 3.77. The molecule has 4 heteroatoms. The summed E-state index contributed by atoms with van der Waals surface area (Å²) in [4.78, 5) is 11.7. The second-order valence-electron chi connectivity index (χ2n) is 6.56. The molecule has 1 aromatic carbocycles. The molecule has 0 aliphatic heterocycles. The van der Waals surface area contributed by atoms with Crippen molar-refractivity contribution >= 4 is 11.7 Å². The molecule has 0 aromatic heterocycles. The number of hydrogen-bond donors (Lipinski definition) is 2. The maximum absolute atomic E-state index is 11.7. The van der Waals surface area contributed by atoms with Crippen LogP contribution in [0.2, 0.25) is 0 Å². The summed E-state index contributed by atoms with van der Waals surface area (Å²) >= 11 is 0. The van der Waals surface area contributed by atoms with Crippen LogP contribution < -0.4 is 5.32 Å². The molecule has 0 aliphatic rings. The number of hydrogen-bond acceptors (Lipinski definition) is 4. The number of nitrogens with one attached hydrogen (secondary N) is 1. The number of esters is 1. The van der Waals surface area contributed by atoms with Crippen LogP contribution in [0.1, 0.15) is 56.8 Å². The van der Waals surface area contributed by atoms with E-state index in [4.69, 9.17) is 4.74 Å². The highest BCUT2D eigenvalue weighted by Crippen LogP contribution is 2.19. The second-order valence-corrected chi connectivity index (χ2v) is 6.56. The predicted octanol–water partition coefficient (Wildman–Crippen LogP) is 3.85. The van der Waals surface area contributed by atoms with Crippen LogP contribution in [0.4, 0.5) is 5.69 Å². The Morgan fingerprint density at radius 3 is 2.64 bits per heavy atom. The van der Waals surface area contributed by atoms with Crippen LogP contribution in [0.5, 0.6) is 0 Å². The van der Waals surface area contributed by atoms with Gasteiger partial charge < -0.3 is 15.2 Å². The fourth-order valence-corrected chi connectivity index (χ4v) is 2.41. The maximum atomic E-state index is 11.7. The average Bonchev–Trinajstić information content (AvgIpc) is 2.45. The molecule has 0 saturated carbocycles. The quantitative estimate of drug-likeness (QED) is 0.680. The van der Waals surface area contributed by atoms with Crippen molar-refractivity contribution in [3.8, 4) is 0 Å². The standard InChI is InChI=1S/C18H29NO3/c1-14(8-7-12-18(2,3)21)11-13-19-16-10-6-5-9-15(16)17(20)22-4/h5-6,9-10,14,19,21H,7-8,11-13H2,1-4H3/t14-/m1/s1. The SMILES string of the molecule is COC(=O)c1ccccc1NCC[C@H](C)CCCC(C)(C)O. The number of rotatable bonds is 9. The monoisotopic (exact) mass is 307 g/mol. The first-order valence-corrected chi connectivity index (χ1v) is 7.97. The highest BCUT2D eigenvalue weighted by Gasteiger charge is 2.13. The Bertz CT molecular complexity index is 466. The lowest BCUT2D eigenvalue weighted by atomic mass is 9.95. The molecule has 1 atom stereocenters. The van der Waals surface area contributed by atoms with Crippen molar-refractivity contribution in [1.82, 2.24) is 0 Å². The van der Waals surface area contributed by atoms with Gasteiger partial charge in [0.15, 0.2) is 0 Å². The number of carbonyl (C=O) groups excluding carboxylic acids is 1. The van der Waals surface area contributed by atoms with Gasteiger partial charge in [-0.1, -0.05) is 31.9 Å². The Labute approximate surface area is 133 Å². The van der Waals surface area contributed by atoms with Gasteiger partial charge in [-0.15, -0.1) is 0 Å². The second kappa shape index (κ2) is 8.79. The van der Waals surface area contributed by atoms with E-state index in [0.29, 0.717) is 11.5 Å². The third kappa shape index (κ3) is 6.94. The number of aliphatic hydroxyl groups is 1. The summed E-state index contributed by atoms with van der Waals surface area (Å²) in [6.45, 7) is 6.74. The van der Waals surface area contributed by atoms with Crippen molar-refractivity contribution in [2.45, 2.75) is 52.1 Å². The minimum absolute atomic E-state index is 0.318. The number of anilines is 1. The van der Waals surface area contributed by atoms with Crippen LogP contribution in [0.25, 0.3) is 0 Å². The molecule has 22 heavy (non-hydrogen) atoms. The molecule has 0 aliphatic carbocycles. The molecule has 0 fully saturated rings. The van der Waals surface area contributed by atoms with Crippen LogP contribution in [-0.4, -0.2) is 30.3 Å². The predicted molar refractivity (Wildman–Crippen MR) is 90.2 cm³/mol. The highest BCUT2D eigenvalue weighted by molar-refractivity contribution is 5.95. The molecule has 124 valence electrons. The average molecular weight is 307 g/mol. The first-order chi connectivity index (χ1) is 10.3. The van der Waals surface area contributed by atoms with Gasteiger partial charge in [-0.3, -0.25) is 0 Å². The van der Waals surface area contributed by atoms with Crippen molar-refractivity contribution in [1.29, 1.82) is 0 Å². The van der Waals surface area contributed by atoms with Gasteiger partial charge in [-0.05, 0) is 44.7 Å². The summed E-state index contributed by atoms with van der Waals surface area (Å²) < 4.78 is 4.79. The van der Waals surface area contributed by atoms with Crippen LogP contribution in [0.3, 0.4) is 0 Å². The van der Waals surface area contributed by atoms with E-state index < -0.39 is 5.60 Å². The van der Waals surface area contributed by atoms with Gasteiger partial charge >= 0.3 is 5.97 Å². The fourth-order valence-electron chi connectivity index (χ4n) is 2.41. The molecule has 0 heterocycles. The van der Waals surface area contributed by atoms with Gasteiger partial charge in [0.2, 0.25) is 0 Å². The van der Waals surface area contributed by atoms with Gasteiger partial charge in [-0.25, -0.2) is 4.79 Å². The summed E-state index contributed by atoms with van der Waals surface area (Å²) in [5.41, 5.74) is 0.815. The van der Waals surface area contributed by atoms with E-state index in [9.17, 15) is 9.90 Å². The molecular weight excluding hydrogens is 278 g/mol. The Morgan fingerprint density at radius 2 is 2.00 bits per heavy atom. The minimum atomic E-state index is -0.572. The summed E-state index contributed by atoms with van der Waals surface area (Å²) in [6, 6.07) is 7.39. The lowest BCUT2D eigenvalue weighted by molar-refractivity contribution is 0.0601. The molecule has 4 nitrogen and oxygen atoms in total. The molecule has 0 amide bonds. The topological polar surface area (TPSA) is 58.6 Å². The van der Waals surface area contributed by atoms with E-state index in [1.165, 1.54) is 7.11 Å². The molecule has 0 bridgehead atoms. The van der Waals surface area contributed by atoms with Crippen molar-refractivity contribution < 1.29 is 14.6 Å². The van der Waals surface area contributed by atoms with Crippen molar-refractivity contribution in [2.75, 3.05) is 19.0 Å². The largest absolute Gasteiger partial charge is 0.465 e. The van der Waals surface area contributed by atoms with Crippen molar-refractivity contribution in [3.05, 3.63) is 29.8 Å². The number of benzene rings is 1. The normalized spacial score (nSPS) is 12.8. The Balaban J connectivity index is 2.37. The molecule has 0 saturated heterocycles. The summed E-state index contributed by atoms with van der Waals surface area (Å²) in [6.07, 6.45) is 3.99. The van der Waals surface area contributed by atoms with E-state index in [1.54, 1.807) is 6.07 Å². The molecule has 0 unspecified atom stereocenters. The lowest BCUT2D eigenvalue weighted by Gasteiger charge is -2.19. The van der Waals surface area contributed by atoms with Gasteiger partial charge in [0.1, 0.15) is 0 Å². The lowest BCUT2D eigenvalue weighted by Crippen LogP contribution is -2.18. The zero-order valence-corrected chi connectivity index (χ0v) is 14.2.